The van der Waals surface area contributed by atoms with Crippen LogP contribution in [0.1, 0.15) is 30.0 Å². The molecule has 1 unspecified atom stereocenters. The number of aromatic nitrogens is 3. The van der Waals surface area contributed by atoms with E-state index in [1.165, 1.54) is 0 Å². The van der Waals surface area contributed by atoms with Crippen molar-refractivity contribution in [3.05, 3.63) is 59.5 Å². The number of aryl methyl sites for hydroxylation is 1. The number of anilines is 1. The van der Waals surface area contributed by atoms with E-state index in [1.54, 1.807) is 42.6 Å². The fraction of sp³-hybridized carbons (Fsp3) is 0.333. The van der Waals surface area contributed by atoms with Crippen LogP contribution in [0.4, 0.5) is 5.82 Å². The SMILES string of the molecule is Cc1nc(Oc2cc(C#N)ccc2-c2ccc(C(O)CN)cn2)cc(N2CCO[C@@H](C)C2)n1. The molecule has 3 aromatic rings. The van der Waals surface area contributed by atoms with Crippen LogP contribution < -0.4 is 15.4 Å². The van der Waals surface area contributed by atoms with Crippen molar-refractivity contribution in [2.24, 2.45) is 5.73 Å². The minimum absolute atomic E-state index is 0.115. The molecule has 3 heterocycles. The monoisotopic (exact) mass is 446 g/mol. The lowest BCUT2D eigenvalue weighted by molar-refractivity contribution is 0.0529. The number of aliphatic hydroxyl groups is 1. The fourth-order valence-electron chi connectivity index (χ4n) is 3.66. The molecule has 0 saturated carbocycles. The highest BCUT2D eigenvalue weighted by Gasteiger charge is 2.20. The van der Waals surface area contributed by atoms with Crippen LogP contribution in [0, 0.1) is 18.3 Å². The standard InChI is InChI=1S/C24H26N6O3/c1-15-14-30(7-8-32-15)23-10-24(29-16(2)28-23)33-22-9-17(11-25)3-5-19(22)20-6-4-18(13-27-20)21(31)12-26/h3-6,9-10,13,15,21,31H,7-8,12,14,26H2,1-2H3/t15-,21?/m0/s1. The van der Waals surface area contributed by atoms with Gasteiger partial charge in [0.05, 0.1) is 36.1 Å². The number of benzene rings is 1. The van der Waals surface area contributed by atoms with Crippen LogP contribution in [0.25, 0.3) is 11.3 Å². The molecule has 33 heavy (non-hydrogen) atoms. The quantitative estimate of drug-likeness (QED) is 0.587. The summed E-state index contributed by atoms with van der Waals surface area (Å²) in [5.74, 6) is 2.18. The van der Waals surface area contributed by atoms with Crippen molar-refractivity contribution in [1.29, 1.82) is 5.26 Å². The van der Waals surface area contributed by atoms with Crippen LogP contribution in [0.5, 0.6) is 11.6 Å². The van der Waals surface area contributed by atoms with E-state index < -0.39 is 6.10 Å². The molecule has 1 saturated heterocycles. The van der Waals surface area contributed by atoms with Gasteiger partial charge in [0.15, 0.2) is 0 Å². The van der Waals surface area contributed by atoms with Crippen molar-refractivity contribution >= 4 is 5.82 Å². The molecule has 1 fully saturated rings. The average molecular weight is 447 g/mol. The van der Waals surface area contributed by atoms with E-state index in [1.807, 2.05) is 13.8 Å². The Labute approximate surface area is 192 Å². The second kappa shape index (κ2) is 9.92. The molecular weight excluding hydrogens is 420 g/mol. The Kier molecular flexibility index (Phi) is 6.79. The second-order valence-corrected chi connectivity index (χ2v) is 7.89. The fourth-order valence-corrected chi connectivity index (χ4v) is 3.66. The normalized spacial score (nSPS) is 16.8. The third-order valence-electron chi connectivity index (χ3n) is 5.36. The maximum absolute atomic E-state index is 9.93. The molecule has 3 N–H and O–H groups in total. The lowest BCUT2D eigenvalue weighted by Crippen LogP contribution is -2.41. The summed E-state index contributed by atoms with van der Waals surface area (Å²) in [6, 6.07) is 12.6. The van der Waals surface area contributed by atoms with Crippen molar-refractivity contribution in [1.82, 2.24) is 15.0 Å². The van der Waals surface area contributed by atoms with Gasteiger partial charge in [0.25, 0.3) is 0 Å². The molecule has 2 aromatic heterocycles. The number of nitriles is 1. The van der Waals surface area contributed by atoms with Gasteiger partial charge < -0.3 is 25.2 Å². The molecule has 0 radical (unpaired) electrons. The first-order valence-electron chi connectivity index (χ1n) is 10.8. The van der Waals surface area contributed by atoms with E-state index in [2.05, 4.69) is 25.9 Å². The minimum Gasteiger partial charge on any atom is -0.438 e. The van der Waals surface area contributed by atoms with E-state index in [9.17, 15) is 10.4 Å². The third kappa shape index (κ3) is 5.26. The second-order valence-electron chi connectivity index (χ2n) is 7.89. The maximum atomic E-state index is 9.93. The summed E-state index contributed by atoms with van der Waals surface area (Å²) in [5.41, 5.74) is 7.95. The number of rotatable bonds is 6. The van der Waals surface area contributed by atoms with Crippen molar-refractivity contribution in [3.8, 4) is 29.0 Å². The highest BCUT2D eigenvalue weighted by molar-refractivity contribution is 5.69. The molecule has 1 aliphatic heterocycles. The first kappa shape index (κ1) is 22.6. The predicted octanol–water partition coefficient (Wildman–Crippen LogP) is 2.73. The summed E-state index contributed by atoms with van der Waals surface area (Å²) >= 11 is 0. The number of ether oxygens (including phenoxy) is 2. The molecule has 0 spiro atoms. The summed E-state index contributed by atoms with van der Waals surface area (Å²) in [6.07, 6.45) is 0.930. The van der Waals surface area contributed by atoms with Gasteiger partial charge in [-0.3, -0.25) is 4.98 Å². The summed E-state index contributed by atoms with van der Waals surface area (Å²) in [5, 5.41) is 19.3. The van der Waals surface area contributed by atoms with Crippen LogP contribution in [0.3, 0.4) is 0 Å². The summed E-state index contributed by atoms with van der Waals surface area (Å²) in [6.45, 7) is 6.06. The first-order chi connectivity index (χ1) is 16.0. The zero-order chi connectivity index (χ0) is 23.4. The lowest BCUT2D eigenvalue weighted by atomic mass is 10.1. The Hall–Kier alpha value is -3.58. The number of aliphatic hydroxyl groups excluding tert-OH is 1. The predicted molar refractivity (Wildman–Crippen MR) is 123 cm³/mol. The highest BCUT2D eigenvalue weighted by atomic mass is 16.5. The van der Waals surface area contributed by atoms with Crippen LogP contribution in [0.15, 0.2) is 42.6 Å². The van der Waals surface area contributed by atoms with Gasteiger partial charge in [0.1, 0.15) is 17.4 Å². The number of nitrogens with zero attached hydrogens (tertiary/aromatic N) is 5. The van der Waals surface area contributed by atoms with Gasteiger partial charge in [-0.1, -0.05) is 6.07 Å². The van der Waals surface area contributed by atoms with Crippen molar-refractivity contribution in [3.63, 3.8) is 0 Å². The number of hydrogen-bond acceptors (Lipinski definition) is 9. The molecule has 0 bridgehead atoms. The van der Waals surface area contributed by atoms with Gasteiger partial charge in [-0.05, 0) is 38.1 Å². The topological polar surface area (TPSA) is 130 Å². The number of pyridine rings is 1. The first-order valence-corrected chi connectivity index (χ1v) is 10.8. The highest BCUT2D eigenvalue weighted by Crippen LogP contribution is 2.34. The van der Waals surface area contributed by atoms with E-state index in [0.717, 1.165) is 18.9 Å². The van der Waals surface area contributed by atoms with Crippen molar-refractivity contribution < 1.29 is 14.6 Å². The molecular formula is C24H26N6O3. The molecule has 9 heteroatoms. The van der Waals surface area contributed by atoms with Gasteiger partial charge in [-0.25, -0.2) is 4.98 Å². The van der Waals surface area contributed by atoms with E-state index in [0.29, 0.717) is 46.4 Å². The zero-order valence-electron chi connectivity index (χ0n) is 18.6. The minimum atomic E-state index is -0.770. The third-order valence-corrected chi connectivity index (χ3v) is 5.36. The van der Waals surface area contributed by atoms with Crippen LogP contribution >= 0.6 is 0 Å². The van der Waals surface area contributed by atoms with Gasteiger partial charge >= 0.3 is 0 Å². The molecule has 2 atom stereocenters. The molecule has 9 nitrogen and oxygen atoms in total. The van der Waals surface area contributed by atoms with E-state index in [4.69, 9.17) is 15.2 Å². The largest absolute Gasteiger partial charge is 0.438 e. The van der Waals surface area contributed by atoms with Gasteiger partial charge in [0, 0.05) is 43.0 Å². The zero-order valence-corrected chi connectivity index (χ0v) is 18.6. The van der Waals surface area contributed by atoms with Crippen molar-refractivity contribution in [2.45, 2.75) is 26.1 Å². The van der Waals surface area contributed by atoms with Gasteiger partial charge in [-0.15, -0.1) is 0 Å². The summed E-state index contributed by atoms with van der Waals surface area (Å²) in [4.78, 5) is 15.6. The van der Waals surface area contributed by atoms with Crippen molar-refractivity contribution in [2.75, 3.05) is 31.1 Å². The Morgan fingerprint density at radius 3 is 2.85 bits per heavy atom. The molecule has 170 valence electrons. The smallest absolute Gasteiger partial charge is 0.224 e. The Morgan fingerprint density at radius 1 is 1.30 bits per heavy atom. The number of hydrogen-bond donors (Lipinski definition) is 2. The molecule has 0 aliphatic carbocycles. The molecule has 1 aliphatic rings. The van der Waals surface area contributed by atoms with Crippen LogP contribution in [0.2, 0.25) is 0 Å². The summed E-state index contributed by atoms with van der Waals surface area (Å²) < 4.78 is 11.8. The van der Waals surface area contributed by atoms with E-state index >= 15 is 0 Å². The lowest BCUT2D eigenvalue weighted by Gasteiger charge is -2.32. The Bertz CT molecular complexity index is 1160. The van der Waals surface area contributed by atoms with E-state index in [-0.39, 0.29) is 12.6 Å². The van der Waals surface area contributed by atoms with Crippen LogP contribution in [-0.2, 0) is 4.74 Å². The number of nitrogens with two attached hydrogens (primary N) is 1. The molecule has 1 aromatic carbocycles. The Morgan fingerprint density at radius 2 is 2.15 bits per heavy atom. The Balaban J connectivity index is 1.67. The maximum Gasteiger partial charge on any atom is 0.224 e. The average Bonchev–Trinajstić information content (AvgIpc) is 2.83. The van der Waals surface area contributed by atoms with Crippen LogP contribution in [-0.4, -0.2) is 52.4 Å². The summed E-state index contributed by atoms with van der Waals surface area (Å²) in [7, 11) is 0. The molecule has 0 amide bonds. The molecule has 4 rings (SSSR count). The number of morpholine rings is 1. The van der Waals surface area contributed by atoms with Gasteiger partial charge in [0.2, 0.25) is 5.88 Å². The van der Waals surface area contributed by atoms with Gasteiger partial charge in [-0.2, -0.15) is 10.2 Å².